The van der Waals surface area contributed by atoms with Crippen LogP contribution < -0.4 is 32.7 Å². The zero-order chi connectivity index (χ0) is 19.2. The van der Waals surface area contributed by atoms with Crippen molar-refractivity contribution in [1.82, 2.24) is 21.3 Å². The summed E-state index contributed by atoms with van der Waals surface area (Å²) in [5, 5.41) is 9.87. The summed E-state index contributed by atoms with van der Waals surface area (Å²) in [5.41, 5.74) is 7.05. The molecule has 0 aliphatic carbocycles. The smallest absolute Gasteiger partial charge is 0.261 e. The average molecular weight is 399 g/mol. The molecule has 0 radical (unpaired) electrons. The van der Waals surface area contributed by atoms with E-state index in [0.29, 0.717) is 0 Å². The molecule has 8 N–H and O–H groups in total. The maximum absolute atomic E-state index is 12.6. The Kier molecular flexibility index (Phi) is 8.90. The van der Waals surface area contributed by atoms with Crippen LogP contribution >= 0.6 is 37.9 Å². The van der Waals surface area contributed by atoms with Crippen LogP contribution in [-0.2, 0) is 14.4 Å². The fraction of sp³-hybridized carbons (Fsp3) is 0.750. The van der Waals surface area contributed by atoms with Gasteiger partial charge in [-0.25, -0.2) is 0 Å². The lowest BCUT2D eigenvalue weighted by atomic mass is 10.0. The SMILES string of the molecule is CNC(=O)[C@](N)(CS)NC(=O)[C@](C)(CS)NC(=O)C(N)(CS)NC. The standard InChI is InChI=1S/C12H26N6O3S3/c1-10(4-22,17-9(21)11(13,5-23)16-3)7(19)18-12(14,6-24)8(20)15-2/h16,22-24H,4-6,13-14H2,1-3H3,(H,15,20)(H,17,21)(H,18,19)/t10-,11?,12-/m0/s1. The Morgan fingerprint density at radius 2 is 1.33 bits per heavy atom. The predicted molar refractivity (Wildman–Crippen MR) is 103 cm³/mol. The molecule has 3 atom stereocenters. The summed E-state index contributed by atoms with van der Waals surface area (Å²) in [7, 11) is 2.87. The van der Waals surface area contributed by atoms with E-state index in [9.17, 15) is 14.4 Å². The minimum Gasteiger partial charge on any atom is -0.356 e. The van der Waals surface area contributed by atoms with Crippen molar-refractivity contribution in [3.63, 3.8) is 0 Å². The second-order valence-electron chi connectivity index (χ2n) is 5.49. The summed E-state index contributed by atoms with van der Waals surface area (Å²) in [6.45, 7) is 1.44. The van der Waals surface area contributed by atoms with Crippen LogP contribution in [-0.4, -0.2) is 65.9 Å². The van der Waals surface area contributed by atoms with Gasteiger partial charge in [0.25, 0.3) is 11.8 Å². The molecule has 0 aromatic carbocycles. The van der Waals surface area contributed by atoms with Crippen molar-refractivity contribution in [1.29, 1.82) is 0 Å². The molecule has 0 saturated heterocycles. The van der Waals surface area contributed by atoms with Gasteiger partial charge in [0, 0.05) is 24.3 Å². The number of thiol groups is 3. The van der Waals surface area contributed by atoms with Gasteiger partial charge < -0.3 is 27.4 Å². The van der Waals surface area contributed by atoms with Crippen LogP contribution in [0.4, 0.5) is 0 Å². The van der Waals surface area contributed by atoms with Gasteiger partial charge in [-0.15, -0.1) is 0 Å². The van der Waals surface area contributed by atoms with Crippen molar-refractivity contribution in [3.8, 4) is 0 Å². The number of nitrogens with one attached hydrogen (secondary N) is 4. The number of hydrogen-bond acceptors (Lipinski definition) is 9. The molecule has 9 nitrogen and oxygen atoms in total. The fourth-order valence-corrected chi connectivity index (χ4v) is 2.27. The monoisotopic (exact) mass is 398 g/mol. The van der Waals surface area contributed by atoms with Crippen LogP contribution in [0.15, 0.2) is 0 Å². The fourth-order valence-electron chi connectivity index (χ4n) is 1.53. The summed E-state index contributed by atoms with van der Waals surface area (Å²) in [4.78, 5) is 36.8. The van der Waals surface area contributed by atoms with Crippen LogP contribution in [0.3, 0.4) is 0 Å². The highest BCUT2D eigenvalue weighted by molar-refractivity contribution is 7.80. The minimum absolute atomic E-state index is 0.00465. The highest BCUT2D eigenvalue weighted by Gasteiger charge is 2.43. The molecular weight excluding hydrogens is 372 g/mol. The summed E-state index contributed by atoms with van der Waals surface area (Å²) >= 11 is 12.1. The largest absolute Gasteiger partial charge is 0.356 e. The van der Waals surface area contributed by atoms with E-state index in [2.05, 4.69) is 59.2 Å². The molecule has 24 heavy (non-hydrogen) atoms. The summed E-state index contributed by atoms with van der Waals surface area (Å²) < 4.78 is 0. The minimum atomic E-state index is -1.74. The maximum atomic E-state index is 12.6. The molecule has 0 fully saturated rings. The zero-order valence-corrected chi connectivity index (χ0v) is 16.5. The van der Waals surface area contributed by atoms with Gasteiger partial charge in [0.05, 0.1) is 0 Å². The van der Waals surface area contributed by atoms with Crippen molar-refractivity contribution in [3.05, 3.63) is 0 Å². The lowest BCUT2D eigenvalue weighted by Crippen LogP contribution is -2.73. The molecule has 0 aromatic heterocycles. The van der Waals surface area contributed by atoms with Crippen LogP contribution in [0, 0.1) is 0 Å². The van der Waals surface area contributed by atoms with Gasteiger partial charge in [0.2, 0.25) is 5.91 Å². The van der Waals surface area contributed by atoms with Crippen molar-refractivity contribution in [2.24, 2.45) is 11.5 Å². The lowest BCUT2D eigenvalue weighted by Gasteiger charge is -2.36. The Balaban J connectivity index is 5.39. The molecule has 0 heterocycles. The van der Waals surface area contributed by atoms with Gasteiger partial charge in [0.1, 0.15) is 5.54 Å². The first-order chi connectivity index (χ1) is 11.0. The average Bonchev–Trinajstić information content (AvgIpc) is 2.59. The Morgan fingerprint density at radius 1 is 0.833 bits per heavy atom. The molecule has 1 unspecified atom stereocenters. The zero-order valence-electron chi connectivity index (χ0n) is 13.8. The van der Waals surface area contributed by atoms with E-state index in [1.807, 2.05) is 0 Å². The van der Waals surface area contributed by atoms with Crippen molar-refractivity contribution < 1.29 is 14.4 Å². The number of carbonyl (C=O) groups excluding carboxylic acids is 3. The highest BCUT2D eigenvalue weighted by atomic mass is 32.1. The van der Waals surface area contributed by atoms with Crippen molar-refractivity contribution in [2.45, 2.75) is 23.8 Å². The normalized spacial score (nSPS) is 18.5. The number of likely N-dealkylation sites (N-methyl/N-ethyl adjacent to an activating group) is 2. The summed E-state index contributed by atoms with van der Waals surface area (Å²) in [6, 6.07) is 0. The molecule has 0 aromatic rings. The van der Waals surface area contributed by atoms with E-state index in [1.54, 1.807) is 0 Å². The van der Waals surface area contributed by atoms with Crippen LogP contribution in [0.25, 0.3) is 0 Å². The third-order valence-corrected chi connectivity index (χ3v) is 5.16. The van der Waals surface area contributed by atoms with Gasteiger partial charge in [-0.3, -0.25) is 19.7 Å². The summed E-state index contributed by atoms with van der Waals surface area (Å²) in [5.74, 6) is -2.20. The van der Waals surface area contributed by atoms with E-state index in [1.165, 1.54) is 21.0 Å². The van der Waals surface area contributed by atoms with Crippen molar-refractivity contribution in [2.75, 3.05) is 31.4 Å². The van der Waals surface area contributed by atoms with Crippen molar-refractivity contribution >= 4 is 55.6 Å². The molecule has 12 heteroatoms. The van der Waals surface area contributed by atoms with E-state index in [-0.39, 0.29) is 17.3 Å². The van der Waals surface area contributed by atoms with Gasteiger partial charge in [0.15, 0.2) is 11.3 Å². The topological polar surface area (TPSA) is 151 Å². The van der Waals surface area contributed by atoms with E-state index >= 15 is 0 Å². The van der Waals surface area contributed by atoms with Gasteiger partial charge in [-0.2, -0.15) is 37.9 Å². The first kappa shape index (κ1) is 23.3. The van der Waals surface area contributed by atoms with E-state index < -0.39 is 34.6 Å². The molecule has 3 amide bonds. The molecule has 0 saturated carbocycles. The Labute approximate surface area is 158 Å². The molecule has 140 valence electrons. The third-order valence-electron chi connectivity index (χ3n) is 3.53. The van der Waals surface area contributed by atoms with Crippen LogP contribution in [0.2, 0.25) is 0 Å². The Morgan fingerprint density at radius 3 is 1.67 bits per heavy atom. The first-order valence-corrected chi connectivity index (χ1v) is 8.85. The molecule has 0 rings (SSSR count). The third kappa shape index (κ3) is 5.17. The maximum Gasteiger partial charge on any atom is 0.261 e. The van der Waals surface area contributed by atoms with Crippen LogP contribution in [0.5, 0.6) is 0 Å². The number of rotatable bonds is 9. The Hall–Kier alpha value is -0.660. The molecule has 0 spiro atoms. The number of amides is 3. The number of hydrogen-bond donors (Lipinski definition) is 9. The van der Waals surface area contributed by atoms with E-state index in [0.717, 1.165) is 0 Å². The first-order valence-electron chi connectivity index (χ1n) is 6.95. The highest BCUT2D eigenvalue weighted by Crippen LogP contribution is 2.12. The number of carbonyl (C=O) groups is 3. The van der Waals surface area contributed by atoms with Gasteiger partial charge in [-0.05, 0) is 14.0 Å². The van der Waals surface area contributed by atoms with Crippen LogP contribution in [0.1, 0.15) is 6.92 Å². The quantitative estimate of drug-likeness (QED) is 0.150. The molecule has 0 aliphatic heterocycles. The predicted octanol–water partition coefficient (Wildman–Crippen LogP) is -2.96. The van der Waals surface area contributed by atoms with E-state index in [4.69, 9.17) is 11.5 Å². The molecule has 0 bridgehead atoms. The second-order valence-corrected chi connectivity index (χ2v) is 6.44. The lowest BCUT2D eigenvalue weighted by molar-refractivity contribution is -0.138. The number of nitrogens with two attached hydrogens (primary N) is 2. The summed E-state index contributed by atoms with van der Waals surface area (Å²) in [6.07, 6.45) is 0. The molecular formula is C12H26N6O3S3. The Bertz CT molecular complexity index is 491. The van der Waals surface area contributed by atoms with Gasteiger partial charge >= 0.3 is 0 Å². The molecule has 0 aliphatic rings. The second kappa shape index (κ2) is 9.15. The van der Waals surface area contributed by atoms with Gasteiger partial charge in [-0.1, -0.05) is 0 Å².